The first-order valence-corrected chi connectivity index (χ1v) is 9.29. The zero-order chi connectivity index (χ0) is 13.8. The monoisotopic (exact) mass is 292 g/mol. The summed E-state index contributed by atoms with van der Waals surface area (Å²) in [4.78, 5) is 4.28. The lowest BCUT2D eigenvalue weighted by Crippen LogP contribution is -2.44. The summed E-state index contributed by atoms with van der Waals surface area (Å²) in [6.45, 7) is 6.18. The second kappa shape index (κ2) is 7.06. The fourth-order valence-corrected chi connectivity index (χ4v) is 4.64. The fourth-order valence-electron chi connectivity index (χ4n) is 3.65. The third kappa shape index (κ3) is 3.44. The van der Waals surface area contributed by atoms with E-state index in [0.29, 0.717) is 6.04 Å². The number of hydrogen-bond acceptors (Lipinski definition) is 3. The number of likely N-dealkylation sites (tertiary alicyclic amines) is 1. The van der Waals surface area contributed by atoms with Gasteiger partial charge in [0.05, 0.1) is 0 Å². The first kappa shape index (κ1) is 14.6. The van der Waals surface area contributed by atoms with Crippen molar-refractivity contribution in [3.05, 3.63) is 21.9 Å². The third-order valence-electron chi connectivity index (χ3n) is 4.90. The molecule has 0 spiro atoms. The minimum Gasteiger partial charge on any atom is -0.307 e. The summed E-state index contributed by atoms with van der Waals surface area (Å²) in [6.07, 6.45) is 9.35. The maximum atomic E-state index is 3.96. The molecule has 1 aromatic heterocycles. The molecule has 0 amide bonds. The molecular weight excluding hydrogens is 264 g/mol. The Kier molecular flexibility index (Phi) is 5.14. The van der Waals surface area contributed by atoms with Gasteiger partial charge in [-0.15, -0.1) is 11.3 Å². The summed E-state index contributed by atoms with van der Waals surface area (Å²) >= 11 is 1.95. The van der Waals surface area contributed by atoms with E-state index < -0.39 is 0 Å². The summed E-state index contributed by atoms with van der Waals surface area (Å²) < 4.78 is 0. The number of aryl methyl sites for hydroxylation is 1. The molecule has 20 heavy (non-hydrogen) atoms. The molecule has 1 aromatic rings. The van der Waals surface area contributed by atoms with Gasteiger partial charge in [-0.25, -0.2) is 0 Å². The molecule has 0 bridgehead atoms. The largest absolute Gasteiger partial charge is 0.307 e. The lowest BCUT2D eigenvalue weighted by molar-refractivity contribution is 0.186. The van der Waals surface area contributed by atoms with Gasteiger partial charge < -0.3 is 10.2 Å². The molecule has 1 saturated heterocycles. The average molecular weight is 292 g/mol. The molecule has 2 nitrogen and oxygen atoms in total. The summed E-state index contributed by atoms with van der Waals surface area (Å²) in [7, 11) is 0. The predicted molar refractivity (Wildman–Crippen MR) is 87.5 cm³/mol. The highest BCUT2D eigenvalue weighted by molar-refractivity contribution is 7.10. The topological polar surface area (TPSA) is 15.3 Å². The summed E-state index contributed by atoms with van der Waals surface area (Å²) in [6, 6.07) is 3.73. The van der Waals surface area contributed by atoms with E-state index in [1.165, 1.54) is 64.6 Å². The molecule has 1 aliphatic carbocycles. The highest BCUT2D eigenvalue weighted by atomic mass is 32.1. The Bertz CT molecular complexity index is 407. The van der Waals surface area contributed by atoms with Gasteiger partial charge in [0.2, 0.25) is 0 Å². The van der Waals surface area contributed by atoms with Gasteiger partial charge in [-0.2, -0.15) is 0 Å². The van der Waals surface area contributed by atoms with E-state index in [-0.39, 0.29) is 0 Å². The van der Waals surface area contributed by atoms with Gasteiger partial charge in [0, 0.05) is 17.0 Å². The van der Waals surface area contributed by atoms with Gasteiger partial charge in [-0.05, 0) is 75.2 Å². The first-order valence-electron chi connectivity index (χ1n) is 8.41. The first-order chi connectivity index (χ1) is 9.86. The van der Waals surface area contributed by atoms with Crippen molar-refractivity contribution >= 4 is 11.3 Å². The Morgan fingerprint density at radius 3 is 2.95 bits per heavy atom. The molecule has 1 atom stereocenters. The number of fused-ring (bicyclic) bond motifs is 1. The van der Waals surface area contributed by atoms with Crippen molar-refractivity contribution in [1.29, 1.82) is 0 Å². The van der Waals surface area contributed by atoms with Crippen LogP contribution >= 0.6 is 11.3 Å². The Morgan fingerprint density at radius 1 is 1.30 bits per heavy atom. The van der Waals surface area contributed by atoms with Crippen LogP contribution in [-0.4, -0.2) is 30.6 Å². The maximum absolute atomic E-state index is 3.96. The number of nitrogens with one attached hydrogen (secondary N) is 1. The SMILES string of the molecule is CCCCN1CCC(NC2CCCc3sccc32)CC1. The van der Waals surface area contributed by atoms with E-state index in [1.54, 1.807) is 10.4 Å². The second-order valence-electron chi connectivity index (χ2n) is 6.38. The van der Waals surface area contributed by atoms with Crippen molar-refractivity contribution in [1.82, 2.24) is 10.2 Å². The number of unbranched alkanes of at least 4 members (excludes halogenated alkanes) is 1. The van der Waals surface area contributed by atoms with Gasteiger partial charge in [0.25, 0.3) is 0 Å². The van der Waals surface area contributed by atoms with Gasteiger partial charge in [0.15, 0.2) is 0 Å². The predicted octanol–water partition coefficient (Wildman–Crippen LogP) is 3.98. The molecule has 1 fully saturated rings. The van der Waals surface area contributed by atoms with E-state index in [9.17, 15) is 0 Å². The van der Waals surface area contributed by atoms with Crippen LogP contribution in [0.2, 0.25) is 0 Å². The van der Waals surface area contributed by atoms with E-state index in [0.717, 1.165) is 6.04 Å². The van der Waals surface area contributed by atoms with Crippen LogP contribution in [0.5, 0.6) is 0 Å². The highest BCUT2D eigenvalue weighted by Gasteiger charge is 2.25. The van der Waals surface area contributed by atoms with Crippen LogP contribution in [0.1, 0.15) is 61.9 Å². The van der Waals surface area contributed by atoms with Crippen molar-refractivity contribution in [3.63, 3.8) is 0 Å². The molecule has 2 aliphatic rings. The Hall–Kier alpha value is -0.380. The number of piperidine rings is 1. The van der Waals surface area contributed by atoms with Crippen LogP contribution in [0.15, 0.2) is 11.4 Å². The zero-order valence-corrected chi connectivity index (χ0v) is 13.6. The highest BCUT2D eigenvalue weighted by Crippen LogP contribution is 2.34. The van der Waals surface area contributed by atoms with Crippen LogP contribution in [0.4, 0.5) is 0 Å². The van der Waals surface area contributed by atoms with Crippen molar-refractivity contribution in [2.45, 2.75) is 64.0 Å². The van der Waals surface area contributed by atoms with Gasteiger partial charge in [0.1, 0.15) is 0 Å². The van der Waals surface area contributed by atoms with Crippen LogP contribution in [0.25, 0.3) is 0 Å². The van der Waals surface area contributed by atoms with Crippen LogP contribution in [0.3, 0.4) is 0 Å². The summed E-state index contributed by atoms with van der Waals surface area (Å²) in [5, 5.41) is 6.23. The van der Waals surface area contributed by atoms with Crippen molar-refractivity contribution in [2.75, 3.05) is 19.6 Å². The Balaban J connectivity index is 1.49. The third-order valence-corrected chi connectivity index (χ3v) is 5.90. The minimum absolute atomic E-state index is 0.636. The molecule has 0 radical (unpaired) electrons. The number of thiophene rings is 1. The quantitative estimate of drug-likeness (QED) is 0.883. The molecular formula is C17H28N2S. The molecule has 0 saturated carbocycles. The molecule has 2 heterocycles. The second-order valence-corrected chi connectivity index (χ2v) is 7.38. The minimum atomic E-state index is 0.636. The summed E-state index contributed by atoms with van der Waals surface area (Å²) in [5.74, 6) is 0. The van der Waals surface area contributed by atoms with Gasteiger partial charge in [-0.1, -0.05) is 13.3 Å². The number of nitrogens with zero attached hydrogens (tertiary/aromatic N) is 1. The molecule has 1 unspecified atom stereocenters. The van der Waals surface area contributed by atoms with E-state index in [1.807, 2.05) is 11.3 Å². The Labute approximate surface area is 127 Å². The smallest absolute Gasteiger partial charge is 0.0333 e. The zero-order valence-electron chi connectivity index (χ0n) is 12.7. The van der Waals surface area contributed by atoms with E-state index in [2.05, 4.69) is 28.6 Å². The fraction of sp³-hybridized carbons (Fsp3) is 0.765. The van der Waals surface area contributed by atoms with Crippen molar-refractivity contribution in [3.8, 4) is 0 Å². The van der Waals surface area contributed by atoms with Crippen LogP contribution in [0, 0.1) is 0 Å². The van der Waals surface area contributed by atoms with E-state index >= 15 is 0 Å². The molecule has 112 valence electrons. The molecule has 0 aromatic carbocycles. The van der Waals surface area contributed by atoms with Crippen molar-refractivity contribution in [2.24, 2.45) is 0 Å². The molecule has 1 aliphatic heterocycles. The van der Waals surface area contributed by atoms with Gasteiger partial charge >= 0.3 is 0 Å². The standard InChI is InChI=1S/C17H28N2S/c1-2-3-10-19-11-7-14(8-12-19)18-16-5-4-6-17-15(16)9-13-20-17/h9,13-14,16,18H,2-8,10-12H2,1H3. The Morgan fingerprint density at radius 2 is 2.15 bits per heavy atom. The summed E-state index contributed by atoms with van der Waals surface area (Å²) in [5.41, 5.74) is 1.61. The maximum Gasteiger partial charge on any atom is 0.0333 e. The lowest BCUT2D eigenvalue weighted by atomic mass is 9.92. The normalized spacial score (nSPS) is 24.8. The van der Waals surface area contributed by atoms with Gasteiger partial charge in [-0.3, -0.25) is 0 Å². The van der Waals surface area contributed by atoms with E-state index in [4.69, 9.17) is 0 Å². The average Bonchev–Trinajstić information content (AvgIpc) is 2.96. The number of rotatable bonds is 5. The molecule has 3 heteroatoms. The lowest BCUT2D eigenvalue weighted by Gasteiger charge is -2.35. The van der Waals surface area contributed by atoms with Crippen molar-refractivity contribution < 1.29 is 0 Å². The van der Waals surface area contributed by atoms with Crippen LogP contribution in [-0.2, 0) is 6.42 Å². The van der Waals surface area contributed by atoms with Crippen LogP contribution < -0.4 is 5.32 Å². The molecule has 3 rings (SSSR count). The number of hydrogen-bond donors (Lipinski definition) is 1. The molecule has 1 N–H and O–H groups in total.